The Kier molecular flexibility index (Phi) is 2.73. The lowest BCUT2D eigenvalue weighted by Crippen LogP contribution is -2.16. The summed E-state index contributed by atoms with van der Waals surface area (Å²) >= 11 is 0. The summed E-state index contributed by atoms with van der Waals surface area (Å²) in [7, 11) is 0. The lowest BCUT2D eigenvalue weighted by atomic mass is 9.79. The van der Waals surface area contributed by atoms with Crippen molar-refractivity contribution in [3.63, 3.8) is 0 Å². The Morgan fingerprint density at radius 1 is 1.25 bits per heavy atom. The molecule has 0 saturated carbocycles. The van der Waals surface area contributed by atoms with E-state index in [2.05, 4.69) is 53.5 Å². The van der Waals surface area contributed by atoms with Gasteiger partial charge in [0, 0.05) is 5.56 Å². The van der Waals surface area contributed by atoms with Crippen molar-refractivity contribution in [2.75, 3.05) is 0 Å². The Morgan fingerprint density at radius 3 is 2.62 bits per heavy atom. The van der Waals surface area contributed by atoms with Crippen molar-refractivity contribution in [1.82, 2.24) is 20.6 Å². The third-order valence-corrected chi connectivity index (χ3v) is 3.13. The minimum Gasteiger partial charge on any atom is -0.177 e. The Hall–Kier alpha value is -1.71. The van der Waals surface area contributed by atoms with Gasteiger partial charge in [-0.1, -0.05) is 45.0 Å². The highest BCUT2D eigenvalue weighted by Crippen LogP contribution is 2.33. The summed E-state index contributed by atoms with van der Waals surface area (Å²) in [5.41, 5.74) is 2.44. The number of nitrogens with one attached hydrogen (secondary N) is 1. The highest BCUT2D eigenvalue weighted by molar-refractivity contribution is 5.61. The smallest absolute Gasteiger partial charge is 0.177 e. The van der Waals surface area contributed by atoms with Crippen LogP contribution in [0.3, 0.4) is 0 Å². The van der Waals surface area contributed by atoms with E-state index in [9.17, 15) is 0 Å². The molecule has 0 bridgehead atoms. The summed E-state index contributed by atoms with van der Waals surface area (Å²) < 4.78 is 0. The van der Waals surface area contributed by atoms with Crippen LogP contribution in [0.4, 0.5) is 0 Å². The minimum absolute atomic E-state index is 0.122. The Labute approximate surface area is 95.1 Å². The predicted octanol–water partition coefficient (Wildman–Crippen LogP) is 2.55. The fourth-order valence-corrected chi connectivity index (χ4v) is 1.73. The molecule has 0 unspecified atom stereocenters. The average molecular weight is 216 g/mol. The molecule has 84 valence electrons. The van der Waals surface area contributed by atoms with E-state index in [4.69, 9.17) is 0 Å². The van der Waals surface area contributed by atoms with Crippen molar-refractivity contribution in [2.45, 2.75) is 32.6 Å². The molecule has 0 spiro atoms. The Morgan fingerprint density at radius 2 is 2.00 bits per heavy atom. The summed E-state index contributed by atoms with van der Waals surface area (Å²) in [6.45, 7) is 6.64. The first-order valence-electron chi connectivity index (χ1n) is 5.48. The van der Waals surface area contributed by atoms with Gasteiger partial charge in [-0.3, -0.25) is 0 Å². The van der Waals surface area contributed by atoms with Gasteiger partial charge in [0.1, 0.15) is 0 Å². The Bertz CT molecular complexity index is 460. The number of benzene rings is 1. The summed E-state index contributed by atoms with van der Waals surface area (Å²) in [6, 6.07) is 8.23. The van der Waals surface area contributed by atoms with Crippen LogP contribution in [0.15, 0.2) is 24.3 Å². The van der Waals surface area contributed by atoms with Crippen molar-refractivity contribution in [3.05, 3.63) is 29.8 Å². The van der Waals surface area contributed by atoms with Gasteiger partial charge in [-0.25, -0.2) is 0 Å². The molecule has 0 amide bonds. The quantitative estimate of drug-likeness (QED) is 0.857. The van der Waals surface area contributed by atoms with Crippen molar-refractivity contribution in [2.24, 2.45) is 0 Å². The molecule has 0 saturated heterocycles. The van der Waals surface area contributed by atoms with E-state index in [-0.39, 0.29) is 5.41 Å². The minimum atomic E-state index is 0.122. The fourth-order valence-electron chi connectivity index (χ4n) is 1.73. The molecule has 2 aromatic rings. The van der Waals surface area contributed by atoms with Gasteiger partial charge >= 0.3 is 0 Å². The van der Waals surface area contributed by atoms with Crippen LogP contribution in [0.5, 0.6) is 0 Å². The normalized spacial score (nSPS) is 11.7. The standard InChI is InChI=1S/C12H16N4/c1-4-12(2,3)10-8-6-5-7-9(10)11-13-15-16-14-11/h5-8H,4H2,1-3H3,(H,13,14,15,16). The van der Waals surface area contributed by atoms with Crippen LogP contribution in [0.2, 0.25) is 0 Å². The number of tetrazole rings is 1. The van der Waals surface area contributed by atoms with E-state index in [1.807, 2.05) is 12.1 Å². The van der Waals surface area contributed by atoms with Crippen molar-refractivity contribution in [1.29, 1.82) is 0 Å². The van der Waals surface area contributed by atoms with Crippen LogP contribution in [0.1, 0.15) is 32.8 Å². The second-order valence-corrected chi connectivity index (χ2v) is 4.52. The summed E-state index contributed by atoms with van der Waals surface area (Å²) in [4.78, 5) is 0. The summed E-state index contributed by atoms with van der Waals surface area (Å²) in [6.07, 6.45) is 1.07. The van der Waals surface area contributed by atoms with Crippen LogP contribution < -0.4 is 0 Å². The second kappa shape index (κ2) is 4.04. The molecule has 0 aliphatic rings. The highest BCUT2D eigenvalue weighted by atomic mass is 15.5. The van der Waals surface area contributed by atoms with Crippen molar-refractivity contribution >= 4 is 0 Å². The topological polar surface area (TPSA) is 54.5 Å². The van der Waals surface area contributed by atoms with Gasteiger partial charge in [-0.15, -0.1) is 10.2 Å². The van der Waals surface area contributed by atoms with Crippen LogP contribution in [-0.4, -0.2) is 20.6 Å². The van der Waals surface area contributed by atoms with Gasteiger partial charge in [0.25, 0.3) is 0 Å². The molecule has 1 N–H and O–H groups in total. The molecule has 0 radical (unpaired) electrons. The number of nitrogens with zero attached hydrogens (tertiary/aromatic N) is 3. The maximum atomic E-state index is 4.05. The van der Waals surface area contributed by atoms with E-state index in [0.717, 1.165) is 12.0 Å². The van der Waals surface area contributed by atoms with Crippen molar-refractivity contribution in [3.8, 4) is 11.4 Å². The van der Waals surface area contributed by atoms with Gasteiger partial charge in [0.2, 0.25) is 5.82 Å². The molecule has 0 aliphatic heterocycles. The number of rotatable bonds is 3. The third-order valence-electron chi connectivity index (χ3n) is 3.13. The third kappa shape index (κ3) is 1.83. The zero-order chi connectivity index (χ0) is 11.6. The monoisotopic (exact) mass is 216 g/mol. The molecule has 1 aromatic carbocycles. The van der Waals surface area contributed by atoms with Crippen molar-refractivity contribution < 1.29 is 0 Å². The number of H-pyrrole nitrogens is 1. The molecule has 0 aliphatic carbocycles. The first-order valence-corrected chi connectivity index (χ1v) is 5.48. The van der Waals surface area contributed by atoms with E-state index in [1.54, 1.807) is 0 Å². The first-order chi connectivity index (χ1) is 7.65. The molecule has 4 nitrogen and oxygen atoms in total. The van der Waals surface area contributed by atoms with E-state index < -0.39 is 0 Å². The van der Waals surface area contributed by atoms with Crippen LogP contribution in [0.25, 0.3) is 11.4 Å². The molecular weight excluding hydrogens is 200 g/mol. The zero-order valence-corrected chi connectivity index (χ0v) is 9.86. The van der Waals surface area contributed by atoms with E-state index in [0.29, 0.717) is 5.82 Å². The number of hydrogen-bond acceptors (Lipinski definition) is 3. The second-order valence-electron chi connectivity index (χ2n) is 4.52. The lowest BCUT2D eigenvalue weighted by molar-refractivity contribution is 0.507. The maximum absolute atomic E-state index is 4.05. The average Bonchev–Trinajstić information content (AvgIpc) is 2.82. The van der Waals surface area contributed by atoms with Crippen LogP contribution >= 0.6 is 0 Å². The molecule has 2 rings (SSSR count). The van der Waals surface area contributed by atoms with Crippen LogP contribution in [-0.2, 0) is 5.41 Å². The molecule has 1 aromatic heterocycles. The van der Waals surface area contributed by atoms with Gasteiger partial charge in [0.05, 0.1) is 0 Å². The first kappa shape index (κ1) is 10.8. The number of hydrogen-bond donors (Lipinski definition) is 1. The Balaban J connectivity index is 2.55. The lowest BCUT2D eigenvalue weighted by Gasteiger charge is -2.25. The molecule has 4 heteroatoms. The van der Waals surface area contributed by atoms with Gasteiger partial charge in [0.15, 0.2) is 0 Å². The van der Waals surface area contributed by atoms with Gasteiger partial charge in [-0.05, 0) is 22.6 Å². The largest absolute Gasteiger partial charge is 0.204 e. The molecule has 0 fully saturated rings. The SMILES string of the molecule is CCC(C)(C)c1ccccc1-c1nn[nH]n1. The number of aromatic amines is 1. The van der Waals surface area contributed by atoms with Gasteiger partial charge in [-0.2, -0.15) is 5.21 Å². The molecule has 1 heterocycles. The highest BCUT2D eigenvalue weighted by Gasteiger charge is 2.22. The number of aromatic nitrogens is 4. The maximum Gasteiger partial charge on any atom is 0.204 e. The van der Waals surface area contributed by atoms with E-state index in [1.165, 1.54) is 5.56 Å². The van der Waals surface area contributed by atoms with Gasteiger partial charge < -0.3 is 0 Å². The van der Waals surface area contributed by atoms with E-state index >= 15 is 0 Å². The molecule has 0 atom stereocenters. The predicted molar refractivity (Wildman–Crippen MR) is 62.9 cm³/mol. The molecule has 16 heavy (non-hydrogen) atoms. The fraction of sp³-hybridized carbons (Fsp3) is 0.417. The summed E-state index contributed by atoms with van der Waals surface area (Å²) in [5.74, 6) is 0.664. The van der Waals surface area contributed by atoms with Crippen LogP contribution in [0, 0.1) is 0 Å². The summed E-state index contributed by atoms with van der Waals surface area (Å²) in [5, 5.41) is 14.2. The molecular formula is C12H16N4. The zero-order valence-electron chi connectivity index (χ0n) is 9.86.